The van der Waals surface area contributed by atoms with Crippen molar-refractivity contribution in [1.29, 1.82) is 0 Å². The lowest BCUT2D eigenvalue weighted by Crippen LogP contribution is -2.14. The summed E-state index contributed by atoms with van der Waals surface area (Å²) in [5, 5.41) is 0. The van der Waals surface area contributed by atoms with E-state index in [9.17, 15) is 4.39 Å². The zero-order chi connectivity index (χ0) is 18.7. The summed E-state index contributed by atoms with van der Waals surface area (Å²) in [6.45, 7) is 10.7. The van der Waals surface area contributed by atoms with Crippen molar-refractivity contribution in [2.75, 3.05) is 0 Å². The van der Waals surface area contributed by atoms with Crippen LogP contribution in [0, 0.1) is 5.82 Å². The second-order valence-electron chi connectivity index (χ2n) is 8.88. The average Bonchev–Trinajstić information content (AvgIpc) is 2.82. The molecule has 0 spiro atoms. The van der Waals surface area contributed by atoms with E-state index in [0.29, 0.717) is 0 Å². The minimum atomic E-state index is -0.191. The number of rotatable bonds is 1. The first-order valence-corrected chi connectivity index (χ1v) is 9.24. The average molecular weight is 344 g/mol. The van der Waals surface area contributed by atoms with E-state index in [1.54, 1.807) is 6.07 Å². The summed E-state index contributed by atoms with van der Waals surface area (Å²) in [5.74, 6) is -0.128. The summed E-state index contributed by atoms with van der Waals surface area (Å²) < 4.78 is 14.7. The highest BCUT2D eigenvalue weighted by atomic mass is 19.1. The Balaban J connectivity index is 1.85. The van der Waals surface area contributed by atoms with Gasteiger partial charge in [-0.15, -0.1) is 0 Å². The summed E-state index contributed by atoms with van der Waals surface area (Å²) in [7, 11) is 0. The van der Waals surface area contributed by atoms with Gasteiger partial charge < -0.3 is 0 Å². The van der Waals surface area contributed by atoms with E-state index in [4.69, 9.17) is 0 Å². The fourth-order valence-electron chi connectivity index (χ4n) is 4.20. The maximum Gasteiger partial charge on any atom is 0.127 e. The highest BCUT2D eigenvalue weighted by molar-refractivity contribution is 5.84. The summed E-state index contributed by atoms with van der Waals surface area (Å²) in [4.78, 5) is 0. The standard InChI is InChI=1S/C25H25F/c1-24(2,3)22-13-11-17(15-23(22)26)16-10-12-21-19(14-16)18-8-6-7-9-20(18)25(21,4)5/h6-15H,1-5H3. The molecule has 1 aliphatic carbocycles. The van der Waals surface area contributed by atoms with Gasteiger partial charge in [0.25, 0.3) is 0 Å². The Labute approximate surface area is 155 Å². The van der Waals surface area contributed by atoms with Gasteiger partial charge in [0, 0.05) is 5.41 Å². The molecule has 3 aromatic rings. The molecular formula is C25H25F. The van der Waals surface area contributed by atoms with E-state index in [-0.39, 0.29) is 16.6 Å². The van der Waals surface area contributed by atoms with Gasteiger partial charge >= 0.3 is 0 Å². The van der Waals surface area contributed by atoms with Crippen molar-refractivity contribution in [2.24, 2.45) is 0 Å². The second-order valence-corrected chi connectivity index (χ2v) is 8.88. The summed E-state index contributed by atoms with van der Waals surface area (Å²) >= 11 is 0. The van der Waals surface area contributed by atoms with Gasteiger partial charge in [-0.2, -0.15) is 0 Å². The third-order valence-corrected chi connectivity index (χ3v) is 5.69. The van der Waals surface area contributed by atoms with Gasteiger partial charge in [-0.1, -0.05) is 83.1 Å². The third-order valence-electron chi connectivity index (χ3n) is 5.69. The van der Waals surface area contributed by atoms with E-state index < -0.39 is 0 Å². The van der Waals surface area contributed by atoms with E-state index in [1.807, 2.05) is 32.9 Å². The van der Waals surface area contributed by atoms with Crippen molar-refractivity contribution < 1.29 is 4.39 Å². The van der Waals surface area contributed by atoms with Gasteiger partial charge in [0.1, 0.15) is 5.82 Å². The van der Waals surface area contributed by atoms with Crippen molar-refractivity contribution in [3.63, 3.8) is 0 Å². The van der Waals surface area contributed by atoms with Gasteiger partial charge in [0.15, 0.2) is 0 Å². The lowest BCUT2D eigenvalue weighted by molar-refractivity contribution is 0.523. The SMILES string of the molecule is CC(C)(C)c1ccc(-c2ccc3c(c2)-c2ccccc2C3(C)C)cc1F. The molecule has 0 atom stereocenters. The maximum atomic E-state index is 14.7. The summed E-state index contributed by atoms with van der Waals surface area (Å²) in [5.41, 5.74) is 7.83. The molecule has 3 aromatic carbocycles. The molecule has 0 fully saturated rings. The molecule has 1 heteroatoms. The van der Waals surface area contributed by atoms with Crippen molar-refractivity contribution in [2.45, 2.75) is 45.4 Å². The Morgan fingerprint density at radius 2 is 1.35 bits per heavy atom. The first-order valence-electron chi connectivity index (χ1n) is 9.24. The lowest BCUT2D eigenvalue weighted by atomic mass is 9.82. The normalized spacial score (nSPS) is 14.8. The number of fused-ring (bicyclic) bond motifs is 3. The molecule has 132 valence electrons. The van der Waals surface area contributed by atoms with Crippen LogP contribution in [0.1, 0.15) is 51.3 Å². The van der Waals surface area contributed by atoms with E-state index >= 15 is 0 Å². The van der Waals surface area contributed by atoms with Crippen LogP contribution in [-0.2, 0) is 10.8 Å². The molecular weight excluding hydrogens is 319 g/mol. The van der Waals surface area contributed by atoms with Crippen LogP contribution >= 0.6 is 0 Å². The van der Waals surface area contributed by atoms with Crippen LogP contribution in [0.15, 0.2) is 60.7 Å². The summed E-state index contributed by atoms with van der Waals surface area (Å²) in [6, 6.07) is 20.8. The molecule has 0 amide bonds. The zero-order valence-corrected chi connectivity index (χ0v) is 16.2. The minimum Gasteiger partial charge on any atom is -0.207 e. The quantitative estimate of drug-likeness (QED) is 0.442. The second kappa shape index (κ2) is 5.54. The first kappa shape index (κ1) is 17.0. The van der Waals surface area contributed by atoms with Crippen molar-refractivity contribution in [3.8, 4) is 22.3 Å². The Kier molecular flexibility index (Phi) is 3.63. The van der Waals surface area contributed by atoms with Crippen LogP contribution in [0.25, 0.3) is 22.3 Å². The molecule has 1 aliphatic rings. The van der Waals surface area contributed by atoms with E-state index in [2.05, 4.69) is 56.3 Å². The van der Waals surface area contributed by atoms with Gasteiger partial charge in [0.05, 0.1) is 0 Å². The van der Waals surface area contributed by atoms with Gasteiger partial charge in [-0.3, -0.25) is 0 Å². The molecule has 0 heterocycles. The predicted molar refractivity (Wildman–Crippen MR) is 108 cm³/mol. The molecule has 26 heavy (non-hydrogen) atoms. The first-order chi connectivity index (χ1) is 12.2. The highest BCUT2D eigenvalue weighted by Crippen LogP contribution is 2.49. The molecule has 0 N–H and O–H groups in total. The van der Waals surface area contributed by atoms with Crippen molar-refractivity contribution in [3.05, 3.63) is 83.2 Å². The number of hydrogen-bond donors (Lipinski definition) is 0. The Hall–Kier alpha value is -2.41. The molecule has 0 unspecified atom stereocenters. The molecule has 0 aromatic heterocycles. The minimum absolute atomic E-state index is 0.00575. The van der Waals surface area contributed by atoms with E-state index in [1.165, 1.54) is 22.3 Å². The van der Waals surface area contributed by atoms with Crippen LogP contribution in [0.2, 0.25) is 0 Å². The highest BCUT2D eigenvalue weighted by Gasteiger charge is 2.35. The van der Waals surface area contributed by atoms with Crippen molar-refractivity contribution >= 4 is 0 Å². The topological polar surface area (TPSA) is 0 Å². The largest absolute Gasteiger partial charge is 0.207 e. The fraction of sp³-hybridized carbons (Fsp3) is 0.280. The van der Waals surface area contributed by atoms with Crippen LogP contribution in [0.5, 0.6) is 0 Å². The lowest BCUT2D eigenvalue weighted by Gasteiger charge is -2.22. The molecule has 0 saturated carbocycles. The van der Waals surface area contributed by atoms with Gasteiger partial charge in [-0.05, 0) is 56.5 Å². The molecule has 4 rings (SSSR count). The smallest absolute Gasteiger partial charge is 0.127 e. The zero-order valence-electron chi connectivity index (χ0n) is 16.2. The van der Waals surface area contributed by atoms with Crippen LogP contribution < -0.4 is 0 Å². The van der Waals surface area contributed by atoms with Crippen LogP contribution in [-0.4, -0.2) is 0 Å². The Morgan fingerprint density at radius 1 is 0.731 bits per heavy atom. The molecule has 0 nitrogen and oxygen atoms in total. The number of hydrogen-bond acceptors (Lipinski definition) is 0. The number of halogens is 1. The molecule has 0 radical (unpaired) electrons. The summed E-state index contributed by atoms with van der Waals surface area (Å²) in [6.07, 6.45) is 0. The predicted octanol–water partition coefficient (Wildman–Crippen LogP) is 7.10. The van der Waals surface area contributed by atoms with Crippen molar-refractivity contribution in [1.82, 2.24) is 0 Å². The molecule has 0 aliphatic heterocycles. The molecule has 0 saturated heterocycles. The maximum absolute atomic E-state index is 14.7. The Bertz CT molecular complexity index is 1000. The van der Waals surface area contributed by atoms with Crippen LogP contribution in [0.4, 0.5) is 4.39 Å². The van der Waals surface area contributed by atoms with Gasteiger partial charge in [0.2, 0.25) is 0 Å². The van der Waals surface area contributed by atoms with E-state index in [0.717, 1.165) is 16.7 Å². The third kappa shape index (κ3) is 2.49. The fourth-order valence-corrected chi connectivity index (χ4v) is 4.20. The van der Waals surface area contributed by atoms with Crippen LogP contribution in [0.3, 0.4) is 0 Å². The van der Waals surface area contributed by atoms with Gasteiger partial charge in [-0.25, -0.2) is 4.39 Å². The Morgan fingerprint density at radius 3 is 2.04 bits per heavy atom. The monoisotopic (exact) mass is 344 g/mol. The molecule has 0 bridgehead atoms. The number of benzene rings is 3.